The lowest BCUT2D eigenvalue weighted by Crippen LogP contribution is -2.36. The number of aryl methyl sites for hydroxylation is 1. The zero-order chi connectivity index (χ0) is 25.4. The van der Waals surface area contributed by atoms with Crippen LogP contribution in [-0.2, 0) is 4.79 Å². The molecular weight excluding hydrogens is 468 g/mol. The second-order valence-electron chi connectivity index (χ2n) is 9.76. The van der Waals surface area contributed by atoms with Gasteiger partial charge in [-0.2, -0.15) is 0 Å². The smallest absolute Gasteiger partial charge is 0.263 e. The molecule has 0 bridgehead atoms. The van der Waals surface area contributed by atoms with E-state index in [-0.39, 0.29) is 29.5 Å². The second kappa shape index (κ2) is 9.83. The van der Waals surface area contributed by atoms with Crippen molar-refractivity contribution in [3.63, 3.8) is 0 Å². The summed E-state index contributed by atoms with van der Waals surface area (Å²) in [6.45, 7) is 3.78. The number of H-pyrrole nitrogens is 1. The summed E-state index contributed by atoms with van der Waals surface area (Å²) in [7, 11) is 0. The van der Waals surface area contributed by atoms with Gasteiger partial charge in [0.1, 0.15) is 23.3 Å². The number of fused-ring (bicyclic) bond motifs is 1. The molecule has 2 heterocycles. The van der Waals surface area contributed by atoms with Crippen LogP contribution in [-0.4, -0.2) is 45.5 Å². The van der Waals surface area contributed by atoms with Gasteiger partial charge in [-0.1, -0.05) is 0 Å². The molecule has 0 spiro atoms. The molecule has 0 aliphatic heterocycles. The second-order valence-corrected chi connectivity index (χ2v) is 9.76. The van der Waals surface area contributed by atoms with Crippen LogP contribution in [0, 0.1) is 12.8 Å². The topological polar surface area (TPSA) is 109 Å². The lowest BCUT2D eigenvalue weighted by atomic mass is 10.0. The molecule has 8 nitrogen and oxygen atoms in total. The first-order valence-corrected chi connectivity index (χ1v) is 12.3. The fourth-order valence-electron chi connectivity index (χ4n) is 4.88. The minimum atomic E-state index is -2.64. The molecule has 36 heavy (non-hydrogen) atoms. The first-order chi connectivity index (χ1) is 17.3. The highest BCUT2D eigenvalue weighted by atomic mass is 19.3. The van der Waals surface area contributed by atoms with Crippen molar-refractivity contribution in [1.29, 1.82) is 0 Å². The van der Waals surface area contributed by atoms with E-state index in [1.807, 2.05) is 0 Å². The van der Waals surface area contributed by atoms with E-state index >= 15 is 0 Å². The van der Waals surface area contributed by atoms with Gasteiger partial charge in [0.25, 0.3) is 12.3 Å². The Hall–Kier alpha value is -3.56. The van der Waals surface area contributed by atoms with Gasteiger partial charge in [-0.25, -0.2) is 18.7 Å². The van der Waals surface area contributed by atoms with Gasteiger partial charge in [0.2, 0.25) is 5.91 Å². The summed E-state index contributed by atoms with van der Waals surface area (Å²) >= 11 is 0. The van der Waals surface area contributed by atoms with Crippen molar-refractivity contribution < 1.29 is 23.1 Å². The molecule has 5 rings (SSSR count). The van der Waals surface area contributed by atoms with E-state index in [1.165, 1.54) is 25.4 Å². The van der Waals surface area contributed by atoms with Crippen molar-refractivity contribution in [2.24, 2.45) is 5.92 Å². The lowest BCUT2D eigenvalue weighted by molar-refractivity contribution is -0.119. The standard InChI is InChI=1S/C26H29F2N5O3/c1-13-21(26(35)33-18-7-6-17(10-18)32-14(2)34)23-24(31-13)22(29-12-30-23)19-9-16(25(27)28)5-8-20(19)36-11-15-3-4-15/h5,8-9,12,15,17-18,25,31H,3-4,6-7,10-11H2,1-2H3,(H,32,34)(H,33,35)/t17-,18-/m0/s1. The van der Waals surface area contributed by atoms with Gasteiger partial charge < -0.3 is 20.4 Å². The van der Waals surface area contributed by atoms with Crippen molar-refractivity contribution >= 4 is 22.8 Å². The molecule has 2 saturated carbocycles. The number of amides is 2. The summed E-state index contributed by atoms with van der Waals surface area (Å²) in [5, 5.41) is 5.96. The minimum Gasteiger partial charge on any atom is -0.493 e. The third-order valence-corrected chi connectivity index (χ3v) is 6.86. The van der Waals surface area contributed by atoms with E-state index < -0.39 is 6.43 Å². The maximum Gasteiger partial charge on any atom is 0.263 e. The molecule has 2 fully saturated rings. The molecule has 3 aromatic rings. The number of carbonyl (C=O) groups is 2. The van der Waals surface area contributed by atoms with Crippen LogP contribution in [0.25, 0.3) is 22.3 Å². The molecule has 2 aliphatic rings. The molecule has 0 unspecified atom stereocenters. The maximum absolute atomic E-state index is 13.5. The third kappa shape index (κ3) is 5.03. The van der Waals surface area contributed by atoms with E-state index in [9.17, 15) is 18.4 Å². The fourth-order valence-corrected chi connectivity index (χ4v) is 4.88. The van der Waals surface area contributed by atoms with Crippen LogP contribution in [0.15, 0.2) is 24.5 Å². The normalized spacial score (nSPS) is 19.6. The van der Waals surface area contributed by atoms with Crippen molar-refractivity contribution in [2.45, 2.75) is 64.5 Å². The van der Waals surface area contributed by atoms with Crippen LogP contribution in [0.2, 0.25) is 0 Å². The van der Waals surface area contributed by atoms with Gasteiger partial charge in [0.05, 0.1) is 17.7 Å². The number of nitrogens with zero attached hydrogens (tertiary/aromatic N) is 2. The van der Waals surface area contributed by atoms with Gasteiger partial charge in [0, 0.05) is 35.8 Å². The first kappa shape index (κ1) is 24.1. The number of hydrogen-bond acceptors (Lipinski definition) is 5. The largest absolute Gasteiger partial charge is 0.493 e. The summed E-state index contributed by atoms with van der Waals surface area (Å²) in [5.74, 6) is 0.602. The zero-order valence-corrected chi connectivity index (χ0v) is 20.2. The molecular formula is C26H29F2N5O3. The number of aromatic nitrogens is 3. The van der Waals surface area contributed by atoms with Crippen LogP contribution < -0.4 is 15.4 Å². The number of aromatic amines is 1. The Morgan fingerprint density at radius 1 is 1.14 bits per heavy atom. The average molecular weight is 498 g/mol. The molecule has 1 aromatic carbocycles. The quantitative estimate of drug-likeness (QED) is 0.426. The number of rotatable bonds is 8. The van der Waals surface area contributed by atoms with Crippen molar-refractivity contribution in [3.05, 3.63) is 41.3 Å². The number of benzene rings is 1. The lowest BCUT2D eigenvalue weighted by Gasteiger charge is -2.14. The molecule has 10 heteroatoms. The molecule has 0 saturated heterocycles. The van der Waals surface area contributed by atoms with Crippen molar-refractivity contribution in [2.75, 3.05) is 6.61 Å². The monoisotopic (exact) mass is 497 g/mol. The Labute approximate surface area is 207 Å². The van der Waals surface area contributed by atoms with Crippen molar-refractivity contribution in [3.8, 4) is 17.0 Å². The average Bonchev–Trinajstić information content (AvgIpc) is 3.46. The Morgan fingerprint density at radius 2 is 1.89 bits per heavy atom. The summed E-state index contributed by atoms with van der Waals surface area (Å²) in [4.78, 5) is 36.6. The number of alkyl halides is 2. The van der Waals surface area contributed by atoms with Gasteiger partial charge in [0.15, 0.2) is 0 Å². The highest BCUT2D eigenvalue weighted by Gasteiger charge is 2.29. The Balaban J connectivity index is 1.46. The van der Waals surface area contributed by atoms with Gasteiger partial charge >= 0.3 is 0 Å². The fraction of sp³-hybridized carbons (Fsp3) is 0.462. The van der Waals surface area contributed by atoms with Crippen LogP contribution in [0.4, 0.5) is 8.78 Å². The van der Waals surface area contributed by atoms with E-state index in [0.717, 1.165) is 25.7 Å². The minimum absolute atomic E-state index is 0.0435. The number of hydrogen-bond donors (Lipinski definition) is 3. The first-order valence-electron chi connectivity index (χ1n) is 12.3. The van der Waals surface area contributed by atoms with Crippen LogP contribution in [0.5, 0.6) is 5.75 Å². The van der Waals surface area contributed by atoms with Crippen LogP contribution in [0.3, 0.4) is 0 Å². The molecule has 190 valence electrons. The van der Waals surface area contributed by atoms with Crippen LogP contribution >= 0.6 is 0 Å². The number of carbonyl (C=O) groups excluding carboxylic acids is 2. The number of nitrogens with one attached hydrogen (secondary N) is 3. The molecule has 3 N–H and O–H groups in total. The van der Waals surface area contributed by atoms with Crippen molar-refractivity contribution in [1.82, 2.24) is 25.6 Å². The number of halogens is 2. The highest BCUT2D eigenvalue weighted by molar-refractivity contribution is 6.09. The maximum atomic E-state index is 13.5. The predicted octanol–water partition coefficient (Wildman–Crippen LogP) is 4.45. The SMILES string of the molecule is CC(=O)N[C@H]1CC[C@H](NC(=O)c2c(C)[nH]c3c(-c4cc(C(F)F)ccc4OCC4CC4)ncnc23)C1. The Bertz CT molecular complexity index is 1300. The molecule has 2 aromatic heterocycles. The van der Waals surface area contributed by atoms with E-state index in [4.69, 9.17) is 4.74 Å². The summed E-state index contributed by atoms with van der Waals surface area (Å²) in [6, 6.07) is 4.30. The molecule has 0 radical (unpaired) electrons. The number of ether oxygens (including phenoxy) is 1. The summed E-state index contributed by atoms with van der Waals surface area (Å²) in [6.07, 6.45) is 3.12. The van der Waals surface area contributed by atoms with E-state index in [0.29, 0.717) is 58.2 Å². The van der Waals surface area contributed by atoms with Gasteiger partial charge in [-0.15, -0.1) is 0 Å². The zero-order valence-electron chi connectivity index (χ0n) is 20.2. The van der Waals surface area contributed by atoms with Gasteiger partial charge in [-0.05, 0) is 63.1 Å². The van der Waals surface area contributed by atoms with E-state index in [2.05, 4.69) is 25.6 Å². The summed E-state index contributed by atoms with van der Waals surface area (Å²) < 4.78 is 33.1. The van der Waals surface area contributed by atoms with Gasteiger partial charge in [-0.3, -0.25) is 9.59 Å². The highest BCUT2D eigenvalue weighted by Crippen LogP contribution is 2.38. The molecule has 2 aliphatic carbocycles. The summed E-state index contributed by atoms with van der Waals surface area (Å²) in [5.41, 5.74) is 2.61. The Morgan fingerprint density at radius 3 is 2.58 bits per heavy atom. The predicted molar refractivity (Wildman–Crippen MR) is 130 cm³/mol. The van der Waals surface area contributed by atoms with E-state index in [1.54, 1.807) is 13.0 Å². The molecule has 2 atom stereocenters. The molecule has 2 amide bonds. The third-order valence-electron chi connectivity index (χ3n) is 6.86. The van der Waals surface area contributed by atoms with Crippen LogP contribution in [0.1, 0.15) is 67.1 Å². The Kier molecular flexibility index (Phi) is 6.59.